The molecule has 1 fully saturated rings. The Kier molecular flexibility index (Phi) is 4.70. The summed E-state index contributed by atoms with van der Waals surface area (Å²) < 4.78 is 13.5. The molecule has 0 aromatic heterocycles. The predicted molar refractivity (Wildman–Crippen MR) is 93.4 cm³/mol. The maximum atomic E-state index is 13.5. The molecule has 0 heterocycles. The third-order valence-electron chi connectivity index (χ3n) is 4.69. The monoisotopic (exact) mass is 341 g/mol. The zero-order chi connectivity index (χ0) is 17.9. The number of anilines is 1. The number of hydrogen-bond donors (Lipinski definition) is 3. The molecule has 0 saturated heterocycles. The zero-order valence-electron chi connectivity index (χ0n) is 13.7. The first kappa shape index (κ1) is 17.0. The standard InChI is InChI=1S/C19H20FN3O2/c20-15-4-1-3-14(11-15)19(9-2-10-19)17(24)22-12-13-5-7-16(8-6-13)23-18(21)25/h1,3-8,11H,2,9-10,12H2,(H,22,24)(H3,21,23,25). The second kappa shape index (κ2) is 6.93. The van der Waals surface area contributed by atoms with Gasteiger partial charge in [0.15, 0.2) is 0 Å². The lowest BCUT2D eigenvalue weighted by atomic mass is 9.64. The molecule has 6 heteroatoms. The minimum Gasteiger partial charge on any atom is -0.351 e. The van der Waals surface area contributed by atoms with Crippen LogP contribution in [0.4, 0.5) is 14.9 Å². The Morgan fingerprint density at radius 3 is 2.40 bits per heavy atom. The van der Waals surface area contributed by atoms with E-state index in [1.807, 2.05) is 6.07 Å². The summed E-state index contributed by atoms with van der Waals surface area (Å²) in [7, 11) is 0. The zero-order valence-corrected chi connectivity index (χ0v) is 13.7. The summed E-state index contributed by atoms with van der Waals surface area (Å²) >= 11 is 0. The summed E-state index contributed by atoms with van der Waals surface area (Å²) in [6.07, 6.45) is 2.41. The van der Waals surface area contributed by atoms with Gasteiger partial charge in [-0.25, -0.2) is 9.18 Å². The van der Waals surface area contributed by atoms with E-state index in [4.69, 9.17) is 5.73 Å². The van der Waals surface area contributed by atoms with E-state index >= 15 is 0 Å². The molecule has 2 aromatic rings. The Balaban J connectivity index is 1.66. The number of urea groups is 1. The Morgan fingerprint density at radius 1 is 1.12 bits per heavy atom. The molecule has 0 aliphatic heterocycles. The van der Waals surface area contributed by atoms with Crippen LogP contribution < -0.4 is 16.4 Å². The molecule has 130 valence electrons. The lowest BCUT2D eigenvalue weighted by molar-refractivity contribution is -0.130. The van der Waals surface area contributed by atoms with Crippen molar-refractivity contribution < 1.29 is 14.0 Å². The molecule has 4 N–H and O–H groups in total. The summed E-state index contributed by atoms with van der Waals surface area (Å²) in [4.78, 5) is 23.5. The van der Waals surface area contributed by atoms with Crippen LogP contribution in [0.15, 0.2) is 48.5 Å². The molecule has 1 aliphatic rings. The Bertz CT molecular complexity index is 786. The van der Waals surface area contributed by atoms with Crippen LogP contribution in [0.1, 0.15) is 30.4 Å². The normalized spacial score (nSPS) is 15.1. The number of amides is 3. The first-order valence-corrected chi connectivity index (χ1v) is 8.19. The summed E-state index contributed by atoms with van der Waals surface area (Å²) in [6, 6.07) is 12.7. The molecule has 3 amide bonds. The van der Waals surface area contributed by atoms with Crippen molar-refractivity contribution in [1.29, 1.82) is 0 Å². The van der Waals surface area contributed by atoms with Crippen molar-refractivity contribution >= 4 is 17.6 Å². The largest absolute Gasteiger partial charge is 0.351 e. The van der Waals surface area contributed by atoms with E-state index in [1.54, 1.807) is 30.3 Å². The molecule has 25 heavy (non-hydrogen) atoms. The lowest BCUT2D eigenvalue weighted by Gasteiger charge is -2.40. The smallest absolute Gasteiger partial charge is 0.316 e. The molecule has 3 rings (SSSR count). The van der Waals surface area contributed by atoms with Crippen molar-refractivity contribution in [1.82, 2.24) is 5.32 Å². The van der Waals surface area contributed by atoms with Crippen molar-refractivity contribution in [2.24, 2.45) is 5.73 Å². The van der Waals surface area contributed by atoms with Gasteiger partial charge in [0.2, 0.25) is 5.91 Å². The third kappa shape index (κ3) is 3.63. The number of halogens is 1. The van der Waals surface area contributed by atoms with Gasteiger partial charge in [-0.3, -0.25) is 4.79 Å². The van der Waals surface area contributed by atoms with E-state index in [-0.39, 0.29) is 11.7 Å². The molecular weight excluding hydrogens is 321 g/mol. The van der Waals surface area contributed by atoms with E-state index in [0.29, 0.717) is 12.2 Å². The van der Waals surface area contributed by atoms with Crippen LogP contribution in [0, 0.1) is 5.82 Å². The molecule has 1 aliphatic carbocycles. The average molecular weight is 341 g/mol. The maximum absolute atomic E-state index is 13.5. The number of hydrogen-bond acceptors (Lipinski definition) is 2. The molecule has 0 spiro atoms. The van der Waals surface area contributed by atoms with E-state index < -0.39 is 11.4 Å². The predicted octanol–water partition coefficient (Wildman–Crippen LogP) is 3.05. The van der Waals surface area contributed by atoms with Crippen LogP contribution in [0.5, 0.6) is 0 Å². The molecule has 0 unspecified atom stereocenters. The molecule has 0 atom stereocenters. The number of nitrogens with two attached hydrogens (primary N) is 1. The summed E-state index contributed by atoms with van der Waals surface area (Å²) in [5, 5.41) is 5.43. The first-order chi connectivity index (χ1) is 12.0. The third-order valence-corrected chi connectivity index (χ3v) is 4.69. The van der Waals surface area contributed by atoms with E-state index in [9.17, 15) is 14.0 Å². The highest BCUT2D eigenvalue weighted by Crippen LogP contribution is 2.44. The highest BCUT2D eigenvalue weighted by atomic mass is 19.1. The number of benzene rings is 2. The fraction of sp³-hybridized carbons (Fsp3) is 0.263. The summed E-state index contributed by atoms with van der Waals surface area (Å²) in [5.74, 6) is -0.405. The van der Waals surface area contributed by atoms with Gasteiger partial charge in [0.25, 0.3) is 0 Å². The number of rotatable bonds is 5. The van der Waals surface area contributed by atoms with Crippen molar-refractivity contribution in [2.45, 2.75) is 31.2 Å². The number of primary amides is 1. The van der Waals surface area contributed by atoms with Gasteiger partial charge in [-0.2, -0.15) is 0 Å². The molecule has 2 aromatic carbocycles. The van der Waals surface area contributed by atoms with Crippen LogP contribution in [-0.2, 0) is 16.8 Å². The van der Waals surface area contributed by atoms with Gasteiger partial charge in [-0.15, -0.1) is 0 Å². The highest BCUT2D eigenvalue weighted by Gasteiger charge is 2.45. The van der Waals surface area contributed by atoms with Crippen LogP contribution in [0.3, 0.4) is 0 Å². The van der Waals surface area contributed by atoms with E-state index in [2.05, 4.69) is 10.6 Å². The number of nitrogens with one attached hydrogen (secondary N) is 2. The second-order valence-corrected chi connectivity index (χ2v) is 6.31. The van der Waals surface area contributed by atoms with Crippen molar-refractivity contribution in [3.05, 3.63) is 65.5 Å². The summed E-state index contributed by atoms with van der Waals surface area (Å²) in [5.41, 5.74) is 6.66. The first-order valence-electron chi connectivity index (χ1n) is 8.19. The Hall–Kier alpha value is -2.89. The van der Waals surface area contributed by atoms with E-state index in [0.717, 1.165) is 30.4 Å². The lowest BCUT2D eigenvalue weighted by Crippen LogP contribution is -2.49. The quantitative estimate of drug-likeness (QED) is 0.781. The molecule has 0 radical (unpaired) electrons. The Labute approximate surface area is 145 Å². The van der Waals surface area contributed by atoms with Crippen molar-refractivity contribution in [2.75, 3.05) is 5.32 Å². The van der Waals surface area contributed by atoms with Gasteiger partial charge in [-0.1, -0.05) is 30.7 Å². The van der Waals surface area contributed by atoms with Crippen molar-refractivity contribution in [3.8, 4) is 0 Å². The average Bonchev–Trinajstić information content (AvgIpc) is 2.53. The van der Waals surface area contributed by atoms with Crippen LogP contribution in [0.2, 0.25) is 0 Å². The van der Waals surface area contributed by atoms with Gasteiger partial charge in [0.05, 0.1) is 5.41 Å². The molecule has 5 nitrogen and oxygen atoms in total. The number of carbonyl (C=O) groups is 2. The summed E-state index contributed by atoms with van der Waals surface area (Å²) in [6.45, 7) is 0.368. The fourth-order valence-electron chi connectivity index (χ4n) is 3.16. The van der Waals surface area contributed by atoms with Crippen LogP contribution in [-0.4, -0.2) is 11.9 Å². The topological polar surface area (TPSA) is 84.2 Å². The van der Waals surface area contributed by atoms with Gasteiger partial charge in [-0.05, 0) is 48.2 Å². The molecule has 0 bridgehead atoms. The second-order valence-electron chi connectivity index (χ2n) is 6.31. The molecular formula is C19H20FN3O2. The van der Waals surface area contributed by atoms with Crippen LogP contribution in [0.25, 0.3) is 0 Å². The molecule has 1 saturated carbocycles. The minimum absolute atomic E-state index is 0.0799. The van der Waals surface area contributed by atoms with Gasteiger partial charge >= 0.3 is 6.03 Å². The van der Waals surface area contributed by atoms with Gasteiger partial charge in [0.1, 0.15) is 5.82 Å². The highest BCUT2D eigenvalue weighted by molar-refractivity contribution is 5.89. The van der Waals surface area contributed by atoms with E-state index in [1.165, 1.54) is 12.1 Å². The van der Waals surface area contributed by atoms with Gasteiger partial charge < -0.3 is 16.4 Å². The minimum atomic E-state index is -0.629. The number of carbonyl (C=O) groups excluding carboxylic acids is 2. The van der Waals surface area contributed by atoms with Crippen molar-refractivity contribution in [3.63, 3.8) is 0 Å². The van der Waals surface area contributed by atoms with Crippen LogP contribution >= 0.6 is 0 Å². The van der Waals surface area contributed by atoms with Gasteiger partial charge in [0, 0.05) is 12.2 Å². The fourth-order valence-corrected chi connectivity index (χ4v) is 3.16. The Morgan fingerprint density at radius 2 is 1.84 bits per heavy atom. The SMILES string of the molecule is NC(=O)Nc1ccc(CNC(=O)C2(c3cccc(F)c3)CCC2)cc1. The maximum Gasteiger partial charge on any atom is 0.316 e.